The van der Waals surface area contributed by atoms with Crippen LogP contribution in [0.4, 0.5) is 11.6 Å². The van der Waals surface area contributed by atoms with Gasteiger partial charge in [0.25, 0.3) is 11.6 Å². The molecule has 5 aromatic rings. The van der Waals surface area contributed by atoms with Crippen molar-refractivity contribution in [1.29, 1.82) is 0 Å². The van der Waals surface area contributed by atoms with E-state index < -0.39 is 4.92 Å². The fraction of sp³-hybridized carbons (Fsp3) is 0. The van der Waals surface area contributed by atoms with Gasteiger partial charge < -0.3 is 9.52 Å². The number of thiophene rings is 1. The zero-order valence-electron chi connectivity index (χ0n) is 18.0. The molecule has 9 heteroatoms. The summed E-state index contributed by atoms with van der Waals surface area (Å²) in [5.74, 6) is -0.169. The number of hydrogen-bond donors (Lipinski definition) is 2. The van der Waals surface area contributed by atoms with Crippen LogP contribution in [-0.2, 0) is 0 Å². The van der Waals surface area contributed by atoms with Crippen LogP contribution in [0.5, 0.6) is 5.75 Å². The second kappa shape index (κ2) is 9.24. The molecule has 0 aliphatic rings. The molecule has 0 aliphatic carbocycles. The van der Waals surface area contributed by atoms with E-state index in [1.54, 1.807) is 48.5 Å². The number of benzene rings is 3. The number of nitrogens with one attached hydrogen (secondary N) is 1. The molecular weight excluding hydrogens is 466 g/mol. The molecule has 0 radical (unpaired) electrons. The third-order valence-corrected chi connectivity index (χ3v) is 6.01. The Balaban J connectivity index is 1.60. The van der Waals surface area contributed by atoms with Crippen LogP contribution in [0.15, 0.2) is 94.0 Å². The van der Waals surface area contributed by atoms with Crippen LogP contribution in [0.2, 0.25) is 0 Å². The van der Waals surface area contributed by atoms with Gasteiger partial charge in [-0.2, -0.15) is 11.3 Å². The first kappa shape index (κ1) is 22.1. The quantitative estimate of drug-likeness (QED) is 0.207. The maximum absolute atomic E-state index is 12.8. The van der Waals surface area contributed by atoms with Crippen molar-refractivity contribution < 1.29 is 19.2 Å². The van der Waals surface area contributed by atoms with Crippen molar-refractivity contribution in [2.75, 3.05) is 5.32 Å². The topological polar surface area (TPSA) is 118 Å². The van der Waals surface area contributed by atoms with E-state index in [9.17, 15) is 20.0 Å². The van der Waals surface area contributed by atoms with Gasteiger partial charge in [-0.15, -0.1) is 0 Å². The van der Waals surface area contributed by atoms with E-state index in [-0.39, 0.29) is 29.1 Å². The van der Waals surface area contributed by atoms with Gasteiger partial charge >= 0.3 is 0 Å². The van der Waals surface area contributed by atoms with Gasteiger partial charge in [-0.3, -0.25) is 20.2 Å². The molecule has 0 unspecified atom stereocenters. The maximum Gasteiger partial charge on any atom is 0.273 e. The lowest BCUT2D eigenvalue weighted by atomic mass is 9.98. The highest BCUT2D eigenvalue weighted by Crippen LogP contribution is 2.41. The molecule has 0 aliphatic heterocycles. The van der Waals surface area contributed by atoms with Crippen molar-refractivity contribution in [3.05, 3.63) is 105 Å². The fourth-order valence-corrected chi connectivity index (χ4v) is 4.29. The summed E-state index contributed by atoms with van der Waals surface area (Å²) in [6.45, 7) is 0. The number of non-ortho nitro benzene ring substituents is 1. The number of amides is 1. The van der Waals surface area contributed by atoms with E-state index in [2.05, 4.69) is 10.3 Å². The van der Waals surface area contributed by atoms with Crippen LogP contribution in [0.3, 0.4) is 0 Å². The van der Waals surface area contributed by atoms with E-state index in [1.807, 2.05) is 22.9 Å². The molecule has 0 atom stereocenters. The van der Waals surface area contributed by atoms with Crippen LogP contribution in [0.25, 0.3) is 33.8 Å². The number of oxazole rings is 1. The molecule has 2 N–H and O–H groups in total. The molecule has 8 nitrogen and oxygen atoms in total. The molecule has 2 aromatic heterocycles. The number of carbonyl (C=O) groups is 1. The predicted molar refractivity (Wildman–Crippen MR) is 133 cm³/mol. The van der Waals surface area contributed by atoms with Crippen LogP contribution in [-0.4, -0.2) is 20.9 Å². The number of rotatable bonds is 6. The van der Waals surface area contributed by atoms with E-state index in [1.165, 1.54) is 23.5 Å². The Hall–Kier alpha value is -4.76. The highest BCUT2D eigenvalue weighted by Gasteiger charge is 2.22. The number of nitro groups is 1. The van der Waals surface area contributed by atoms with Gasteiger partial charge in [-0.25, -0.2) is 4.98 Å². The molecule has 5 rings (SSSR count). The predicted octanol–water partition coefficient (Wildman–Crippen LogP) is 6.60. The van der Waals surface area contributed by atoms with Crippen molar-refractivity contribution >= 4 is 28.8 Å². The highest BCUT2D eigenvalue weighted by molar-refractivity contribution is 7.08. The SMILES string of the molecule is O=C(Nc1oc(-c2ccccc2-c2ccc([N+](=O)[O-])cc2O)nc1-c1ccsc1)c1ccccc1. The number of nitrogens with zero attached hydrogens (tertiary/aromatic N) is 2. The Morgan fingerprint density at radius 2 is 1.71 bits per heavy atom. The van der Waals surface area contributed by atoms with Gasteiger partial charge in [0.1, 0.15) is 11.4 Å². The Morgan fingerprint density at radius 1 is 0.971 bits per heavy atom. The molecule has 35 heavy (non-hydrogen) atoms. The lowest BCUT2D eigenvalue weighted by molar-refractivity contribution is -0.384. The van der Waals surface area contributed by atoms with Crippen LogP contribution in [0.1, 0.15) is 10.4 Å². The lowest BCUT2D eigenvalue weighted by Gasteiger charge is -2.09. The third kappa shape index (κ3) is 4.40. The Labute approximate surface area is 203 Å². The number of carbonyl (C=O) groups excluding carboxylic acids is 1. The minimum atomic E-state index is -0.571. The summed E-state index contributed by atoms with van der Waals surface area (Å²) in [5.41, 5.74) is 3.00. The zero-order chi connectivity index (χ0) is 24.4. The number of phenolic OH excluding ortho intramolecular Hbond substituents is 1. The molecule has 0 saturated heterocycles. The highest BCUT2D eigenvalue weighted by atomic mass is 32.1. The monoisotopic (exact) mass is 483 g/mol. The molecular formula is C26H17N3O5S. The fourth-order valence-electron chi connectivity index (χ4n) is 3.65. The van der Waals surface area contributed by atoms with Crippen molar-refractivity contribution in [2.24, 2.45) is 0 Å². The summed E-state index contributed by atoms with van der Waals surface area (Å²) in [6.07, 6.45) is 0. The molecule has 2 heterocycles. The van der Waals surface area contributed by atoms with Gasteiger partial charge in [-0.1, -0.05) is 36.4 Å². The van der Waals surface area contributed by atoms with Gasteiger partial charge in [0.15, 0.2) is 0 Å². The Bertz CT molecular complexity index is 1530. The van der Waals surface area contributed by atoms with Crippen molar-refractivity contribution in [3.63, 3.8) is 0 Å². The number of aromatic nitrogens is 1. The van der Waals surface area contributed by atoms with Gasteiger partial charge in [0, 0.05) is 33.7 Å². The van der Waals surface area contributed by atoms with E-state index in [0.29, 0.717) is 27.9 Å². The number of nitro benzene ring substituents is 1. The first-order chi connectivity index (χ1) is 17.0. The van der Waals surface area contributed by atoms with Crippen LogP contribution in [0, 0.1) is 10.1 Å². The summed E-state index contributed by atoms with van der Waals surface area (Å²) < 4.78 is 6.05. The molecule has 0 fully saturated rings. The van der Waals surface area contributed by atoms with Crippen molar-refractivity contribution in [3.8, 4) is 39.6 Å². The smallest absolute Gasteiger partial charge is 0.273 e. The number of aromatic hydroxyl groups is 1. The van der Waals surface area contributed by atoms with Gasteiger partial charge in [0.05, 0.1) is 11.0 Å². The van der Waals surface area contributed by atoms with Crippen molar-refractivity contribution in [2.45, 2.75) is 0 Å². The Kier molecular flexibility index (Phi) is 5.82. The standard InChI is InChI=1S/C26H17N3O5S/c30-22-14-18(29(32)33)10-11-20(22)19-8-4-5-9-21(19)25-27-23(17-12-13-35-15-17)26(34-25)28-24(31)16-6-2-1-3-7-16/h1-15,30H,(H,28,31). The lowest BCUT2D eigenvalue weighted by Crippen LogP contribution is -2.11. The zero-order valence-corrected chi connectivity index (χ0v) is 18.9. The van der Waals surface area contributed by atoms with Gasteiger partial charge in [0.2, 0.25) is 11.8 Å². The molecule has 0 bridgehead atoms. The first-order valence-corrected chi connectivity index (χ1v) is 11.4. The molecule has 0 saturated carbocycles. The van der Waals surface area contributed by atoms with E-state index in [4.69, 9.17) is 4.42 Å². The molecule has 3 aromatic carbocycles. The Morgan fingerprint density at radius 3 is 2.40 bits per heavy atom. The largest absolute Gasteiger partial charge is 0.507 e. The molecule has 0 spiro atoms. The minimum absolute atomic E-state index is 0.190. The molecule has 1 amide bonds. The normalized spacial score (nSPS) is 10.7. The molecule has 172 valence electrons. The van der Waals surface area contributed by atoms with Crippen LogP contribution < -0.4 is 5.32 Å². The number of hydrogen-bond acceptors (Lipinski definition) is 7. The second-order valence-electron chi connectivity index (χ2n) is 7.53. The average Bonchev–Trinajstić information content (AvgIpc) is 3.55. The second-order valence-corrected chi connectivity index (χ2v) is 8.31. The summed E-state index contributed by atoms with van der Waals surface area (Å²) in [6, 6.07) is 21.6. The summed E-state index contributed by atoms with van der Waals surface area (Å²) in [7, 11) is 0. The number of phenols is 1. The maximum atomic E-state index is 12.8. The third-order valence-electron chi connectivity index (χ3n) is 5.32. The first-order valence-electron chi connectivity index (χ1n) is 10.5. The van der Waals surface area contributed by atoms with E-state index >= 15 is 0 Å². The van der Waals surface area contributed by atoms with Gasteiger partial charge in [-0.05, 0) is 41.3 Å². The van der Waals surface area contributed by atoms with Crippen LogP contribution >= 0.6 is 11.3 Å². The number of anilines is 1. The minimum Gasteiger partial charge on any atom is -0.507 e. The van der Waals surface area contributed by atoms with E-state index in [0.717, 1.165) is 11.6 Å². The summed E-state index contributed by atoms with van der Waals surface area (Å²) in [4.78, 5) is 28.0. The average molecular weight is 484 g/mol. The summed E-state index contributed by atoms with van der Waals surface area (Å²) in [5, 5.41) is 28.2. The van der Waals surface area contributed by atoms with Crippen molar-refractivity contribution in [1.82, 2.24) is 4.98 Å². The summed E-state index contributed by atoms with van der Waals surface area (Å²) >= 11 is 1.49.